The molecule has 1 N–H and O–H groups in total. The van der Waals surface area contributed by atoms with Crippen molar-refractivity contribution < 1.29 is 19.4 Å². The highest BCUT2D eigenvalue weighted by Crippen LogP contribution is 2.15. The first-order chi connectivity index (χ1) is 18.2. The first kappa shape index (κ1) is 36.1. The lowest BCUT2D eigenvalue weighted by Crippen LogP contribution is -2.11. The van der Waals surface area contributed by atoms with Gasteiger partial charge in [-0.15, -0.1) is 0 Å². The van der Waals surface area contributed by atoms with Crippen LogP contribution in [0.3, 0.4) is 0 Å². The number of carbonyl (C=O) groups is 2. The fourth-order valence-electron chi connectivity index (χ4n) is 5.02. The van der Waals surface area contributed by atoms with E-state index in [1.54, 1.807) is 0 Å². The summed E-state index contributed by atoms with van der Waals surface area (Å²) in [7, 11) is 0. The van der Waals surface area contributed by atoms with Crippen LogP contribution >= 0.6 is 0 Å². The summed E-state index contributed by atoms with van der Waals surface area (Å²) in [5.41, 5.74) is 0. The van der Waals surface area contributed by atoms with E-state index in [0.29, 0.717) is 19.4 Å². The Balaban J connectivity index is 3.27. The maximum Gasteiger partial charge on any atom is 0.313 e. The van der Waals surface area contributed by atoms with Gasteiger partial charge in [-0.1, -0.05) is 161 Å². The molecule has 0 spiro atoms. The van der Waals surface area contributed by atoms with Crippen LogP contribution in [-0.4, -0.2) is 23.7 Å². The van der Waals surface area contributed by atoms with Gasteiger partial charge in [0.1, 0.15) is 0 Å². The molecule has 0 aromatic rings. The van der Waals surface area contributed by atoms with Crippen LogP contribution in [0, 0.1) is 0 Å². The molecule has 0 aliphatic carbocycles. The summed E-state index contributed by atoms with van der Waals surface area (Å²) >= 11 is 0. The second-order valence-electron chi connectivity index (χ2n) is 11.3. The monoisotopic (exact) mass is 524 g/mol. The van der Waals surface area contributed by atoms with Crippen LogP contribution in [0.25, 0.3) is 0 Å². The first-order valence-electron chi connectivity index (χ1n) is 16.5. The maximum atomic E-state index is 11.9. The molecular weight excluding hydrogens is 460 g/mol. The standard InChI is InChI=1S/C33H64O4/c1-2-3-4-5-6-7-14-17-20-23-26-29-32(35)37-33(36)30-27-24-21-18-15-12-10-8-9-11-13-16-19-22-25-28-31-34/h34H,2-31H2,1H3. The number of hydrogen-bond donors (Lipinski definition) is 1. The third-order valence-corrected chi connectivity index (χ3v) is 7.50. The molecule has 4 nitrogen and oxygen atoms in total. The summed E-state index contributed by atoms with van der Waals surface area (Å²) in [6.45, 7) is 2.60. The SMILES string of the molecule is CCCCCCCCCCCCCC(=O)OC(=O)CCCCCCCCCCCCCCCCCCO. The zero-order valence-electron chi connectivity index (χ0n) is 24.9. The number of rotatable bonds is 30. The van der Waals surface area contributed by atoms with Crippen LogP contribution in [0.4, 0.5) is 0 Å². The molecule has 0 aromatic carbocycles. The normalized spacial score (nSPS) is 11.2. The number of unbranched alkanes of at least 4 members (excludes halogenated alkanes) is 25. The molecule has 220 valence electrons. The fraction of sp³-hybridized carbons (Fsp3) is 0.939. The van der Waals surface area contributed by atoms with E-state index in [2.05, 4.69) is 6.92 Å². The number of esters is 2. The van der Waals surface area contributed by atoms with Crippen molar-refractivity contribution in [3.05, 3.63) is 0 Å². The van der Waals surface area contributed by atoms with E-state index in [4.69, 9.17) is 9.84 Å². The first-order valence-corrected chi connectivity index (χ1v) is 16.5. The average molecular weight is 525 g/mol. The molecule has 0 aliphatic heterocycles. The van der Waals surface area contributed by atoms with Crippen LogP contribution < -0.4 is 0 Å². The van der Waals surface area contributed by atoms with Crippen LogP contribution in [0.5, 0.6) is 0 Å². The zero-order valence-corrected chi connectivity index (χ0v) is 24.9. The molecule has 0 rings (SSSR count). The Morgan fingerprint density at radius 3 is 0.919 bits per heavy atom. The molecule has 0 fully saturated rings. The topological polar surface area (TPSA) is 63.6 Å². The van der Waals surface area contributed by atoms with Gasteiger partial charge in [0.25, 0.3) is 0 Å². The van der Waals surface area contributed by atoms with E-state index in [-0.39, 0.29) is 11.9 Å². The second kappa shape index (κ2) is 31.3. The molecule has 0 atom stereocenters. The van der Waals surface area contributed by atoms with Gasteiger partial charge in [-0.2, -0.15) is 0 Å². The minimum absolute atomic E-state index is 0.334. The lowest BCUT2D eigenvalue weighted by Gasteiger charge is -2.05. The minimum Gasteiger partial charge on any atom is -0.396 e. The van der Waals surface area contributed by atoms with Gasteiger partial charge in [0.15, 0.2) is 0 Å². The van der Waals surface area contributed by atoms with E-state index in [0.717, 1.165) is 32.1 Å². The molecule has 0 amide bonds. The number of hydrogen-bond acceptors (Lipinski definition) is 4. The Hall–Kier alpha value is -0.900. The van der Waals surface area contributed by atoms with Crippen molar-refractivity contribution in [2.45, 2.75) is 193 Å². The second-order valence-corrected chi connectivity index (χ2v) is 11.3. The predicted octanol–water partition coefficient (Wildman–Crippen LogP) is 10.4. The number of aliphatic hydroxyl groups is 1. The third-order valence-electron chi connectivity index (χ3n) is 7.50. The molecule has 4 heteroatoms. The smallest absolute Gasteiger partial charge is 0.313 e. The molecule has 0 unspecified atom stereocenters. The van der Waals surface area contributed by atoms with Gasteiger partial charge in [-0.25, -0.2) is 0 Å². The Morgan fingerprint density at radius 2 is 0.649 bits per heavy atom. The fourth-order valence-corrected chi connectivity index (χ4v) is 5.02. The van der Waals surface area contributed by atoms with Crippen molar-refractivity contribution in [3.63, 3.8) is 0 Å². The number of ether oxygens (including phenoxy) is 1. The quantitative estimate of drug-likeness (QED) is 0.0576. The van der Waals surface area contributed by atoms with Gasteiger partial charge >= 0.3 is 11.9 Å². The number of carbonyl (C=O) groups excluding carboxylic acids is 2. The van der Waals surface area contributed by atoms with Crippen molar-refractivity contribution in [2.24, 2.45) is 0 Å². The van der Waals surface area contributed by atoms with E-state index in [1.807, 2.05) is 0 Å². The highest BCUT2D eigenvalue weighted by Gasteiger charge is 2.09. The molecular formula is C33H64O4. The summed E-state index contributed by atoms with van der Waals surface area (Å²) in [5, 5.41) is 8.77. The van der Waals surface area contributed by atoms with Crippen molar-refractivity contribution >= 4 is 11.9 Å². The van der Waals surface area contributed by atoms with Gasteiger partial charge in [-0.05, 0) is 19.3 Å². The van der Waals surface area contributed by atoms with Crippen LogP contribution in [-0.2, 0) is 14.3 Å². The van der Waals surface area contributed by atoms with Crippen molar-refractivity contribution in [2.75, 3.05) is 6.61 Å². The summed E-state index contributed by atoms with van der Waals surface area (Å²) in [6.07, 6.45) is 34.4. The van der Waals surface area contributed by atoms with Crippen LogP contribution in [0.1, 0.15) is 193 Å². The summed E-state index contributed by atoms with van der Waals surface area (Å²) in [5.74, 6) is -0.669. The van der Waals surface area contributed by atoms with Crippen molar-refractivity contribution in [3.8, 4) is 0 Å². The number of aliphatic hydroxyl groups excluding tert-OH is 1. The summed E-state index contributed by atoms with van der Waals surface area (Å²) in [6, 6.07) is 0. The molecule has 0 heterocycles. The van der Waals surface area contributed by atoms with E-state index in [1.165, 1.54) is 141 Å². The van der Waals surface area contributed by atoms with E-state index < -0.39 is 0 Å². The Bertz CT molecular complexity index is 477. The molecule has 0 bridgehead atoms. The molecule has 37 heavy (non-hydrogen) atoms. The summed E-state index contributed by atoms with van der Waals surface area (Å²) < 4.78 is 4.98. The van der Waals surface area contributed by atoms with Crippen molar-refractivity contribution in [1.82, 2.24) is 0 Å². The lowest BCUT2D eigenvalue weighted by molar-refractivity contribution is -0.159. The maximum absolute atomic E-state index is 11.9. The van der Waals surface area contributed by atoms with E-state index >= 15 is 0 Å². The zero-order chi connectivity index (χ0) is 27.1. The minimum atomic E-state index is -0.335. The molecule has 0 saturated heterocycles. The van der Waals surface area contributed by atoms with Crippen LogP contribution in [0.15, 0.2) is 0 Å². The van der Waals surface area contributed by atoms with E-state index in [9.17, 15) is 9.59 Å². The molecule has 0 aliphatic rings. The van der Waals surface area contributed by atoms with Gasteiger partial charge in [0.05, 0.1) is 0 Å². The molecule has 0 radical (unpaired) electrons. The third kappa shape index (κ3) is 31.2. The molecule has 0 aromatic heterocycles. The average Bonchev–Trinajstić information content (AvgIpc) is 2.89. The Morgan fingerprint density at radius 1 is 0.405 bits per heavy atom. The predicted molar refractivity (Wildman–Crippen MR) is 158 cm³/mol. The lowest BCUT2D eigenvalue weighted by atomic mass is 10.0. The highest BCUT2D eigenvalue weighted by atomic mass is 16.6. The van der Waals surface area contributed by atoms with Gasteiger partial charge in [-0.3, -0.25) is 9.59 Å². The van der Waals surface area contributed by atoms with Crippen LogP contribution in [0.2, 0.25) is 0 Å². The highest BCUT2D eigenvalue weighted by molar-refractivity contribution is 5.85. The van der Waals surface area contributed by atoms with Crippen molar-refractivity contribution in [1.29, 1.82) is 0 Å². The van der Waals surface area contributed by atoms with Gasteiger partial charge < -0.3 is 9.84 Å². The largest absolute Gasteiger partial charge is 0.396 e. The molecule has 0 saturated carbocycles. The Kier molecular flexibility index (Phi) is 30.6. The van der Waals surface area contributed by atoms with Gasteiger partial charge in [0, 0.05) is 19.4 Å². The summed E-state index contributed by atoms with van der Waals surface area (Å²) in [4.78, 5) is 23.7. The van der Waals surface area contributed by atoms with Gasteiger partial charge in [0.2, 0.25) is 0 Å². The Labute approximate surface area is 231 Å².